The third-order valence-electron chi connectivity index (χ3n) is 2.69. The van der Waals surface area contributed by atoms with Crippen LogP contribution < -0.4 is 4.72 Å². The van der Waals surface area contributed by atoms with Crippen molar-refractivity contribution in [1.29, 1.82) is 0 Å². The number of thiazole rings is 1. The number of hydrogen-bond donors (Lipinski definition) is 1. The van der Waals surface area contributed by atoms with E-state index in [9.17, 15) is 12.8 Å². The molecule has 0 saturated heterocycles. The maximum absolute atomic E-state index is 14.1. The van der Waals surface area contributed by atoms with Gasteiger partial charge in [-0.2, -0.15) is 0 Å². The molecule has 0 saturated carbocycles. The molecule has 3 aromatic rings. The Kier molecular flexibility index (Phi) is 3.52. The van der Waals surface area contributed by atoms with Crippen molar-refractivity contribution < 1.29 is 12.8 Å². The molecule has 0 fully saturated rings. The molecule has 3 rings (SSSR count). The van der Waals surface area contributed by atoms with Crippen molar-refractivity contribution in [2.75, 3.05) is 4.72 Å². The predicted molar refractivity (Wildman–Crippen MR) is 79.6 cm³/mol. The Bertz CT molecular complexity index is 914. The van der Waals surface area contributed by atoms with E-state index in [1.807, 2.05) is 0 Å². The van der Waals surface area contributed by atoms with Crippen LogP contribution in [0.3, 0.4) is 0 Å². The zero-order valence-corrected chi connectivity index (χ0v) is 12.6. The fraction of sp³-hybridized carbons (Fsp3) is 0. The van der Waals surface area contributed by atoms with E-state index in [-0.39, 0.29) is 5.13 Å². The Hall–Kier alpha value is -1.77. The predicted octanol–water partition coefficient (Wildman–Crippen LogP) is 3.28. The summed E-state index contributed by atoms with van der Waals surface area (Å²) < 4.78 is 40.7. The number of aromatic nitrogens is 2. The van der Waals surface area contributed by atoms with Crippen molar-refractivity contribution >= 4 is 49.0 Å². The van der Waals surface area contributed by atoms with Gasteiger partial charge in [0.25, 0.3) is 10.0 Å². The van der Waals surface area contributed by atoms with Crippen molar-refractivity contribution in [2.45, 2.75) is 4.90 Å². The molecule has 21 heavy (non-hydrogen) atoms. The largest absolute Gasteiger partial charge is 0.266 e. The lowest BCUT2D eigenvalue weighted by molar-refractivity contribution is 0.571. The summed E-state index contributed by atoms with van der Waals surface area (Å²) in [5.74, 6) is -0.901. The smallest absolute Gasteiger partial charge is 0.256 e. The van der Waals surface area contributed by atoms with Crippen LogP contribution in [-0.2, 0) is 10.0 Å². The lowest BCUT2D eigenvalue weighted by Gasteiger charge is -2.08. The second kappa shape index (κ2) is 5.21. The quantitative estimate of drug-likeness (QED) is 0.792. The third kappa shape index (κ3) is 2.69. The van der Waals surface area contributed by atoms with Gasteiger partial charge in [-0.05, 0) is 18.2 Å². The fourth-order valence-corrected chi connectivity index (χ4v) is 3.84. The van der Waals surface area contributed by atoms with Gasteiger partial charge in [0.05, 0.1) is 10.5 Å². The minimum Gasteiger partial charge on any atom is -0.256 e. The minimum absolute atomic E-state index is 0.161. The summed E-state index contributed by atoms with van der Waals surface area (Å²) >= 11 is 7.03. The molecule has 108 valence electrons. The molecule has 0 radical (unpaired) electrons. The Balaban J connectivity index is 2.14. The molecule has 0 aliphatic heterocycles. The molecular formula is C12H7ClFN3O2S2. The van der Waals surface area contributed by atoms with Gasteiger partial charge in [-0.15, -0.1) is 11.3 Å². The summed E-state index contributed by atoms with van der Waals surface area (Å²) in [5.41, 5.74) is 0.295. The summed E-state index contributed by atoms with van der Waals surface area (Å²) in [6.07, 6.45) is 2.87. The Morgan fingerprint density at radius 1 is 1.24 bits per heavy atom. The molecule has 2 heterocycles. The molecule has 1 aromatic carbocycles. The highest BCUT2D eigenvalue weighted by atomic mass is 35.5. The van der Waals surface area contributed by atoms with Crippen molar-refractivity contribution in [1.82, 2.24) is 9.97 Å². The van der Waals surface area contributed by atoms with Crippen molar-refractivity contribution in [3.63, 3.8) is 0 Å². The molecule has 2 aromatic heterocycles. The number of fused-ring (bicyclic) bond motifs is 1. The fourth-order valence-electron chi connectivity index (χ4n) is 1.76. The van der Waals surface area contributed by atoms with Gasteiger partial charge in [-0.3, -0.25) is 9.71 Å². The van der Waals surface area contributed by atoms with Crippen LogP contribution in [0.1, 0.15) is 0 Å². The molecule has 0 unspecified atom stereocenters. The van der Waals surface area contributed by atoms with Gasteiger partial charge >= 0.3 is 0 Å². The van der Waals surface area contributed by atoms with Crippen LogP contribution in [0.5, 0.6) is 0 Å². The monoisotopic (exact) mass is 343 g/mol. The number of pyridine rings is 1. The number of nitrogens with zero attached hydrogens (tertiary/aromatic N) is 2. The van der Waals surface area contributed by atoms with Gasteiger partial charge in [0.15, 0.2) is 5.13 Å². The van der Waals surface area contributed by atoms with Gasteiger partial charge in [-0.1, -0.05) is 11.6 Å². The first-order valence-corrected chi connectivity index (χ1v) is 8.37. The van der Waals surface area contributed by atoms with Crippen LogP contribution in [0.25, 0.3) is 10.9 Å². The van der Waals surface area contributed by atoms with E-state index in [4.69, 9.17) is 11.6 Å². The number of sulfonamides is 1. The maximum atomic E-state index is 14.1. The van der Waals surface area contributed by atoms with Crippen molar-refractivity contribution in [3.05, 3.63) is 46.8 Å². The molecule has 9 heteroatoms. The zero-order valence-electron chi connectivity index (χ0n) is 10.2. The van der Waals surface area contributed by atoms with Crippen LogP contribution in [0, 0.1) is 5.82 Å². The van der Waals surface area contributed by atoms with Crippen LogP contribution in [0.15, 0.2) is 40.9 Å². The molecule has 1 N–H and O–H groups in total. The molecule has 0 aliphatic carbocycles. The number of nitrogens with one attached hydrogen (secondary N) is 1. The Labute approximate surface area is 128 Å². The molecule has 5 nitrogen and oxygen atoms in total. The first kappa shape index (κ1) is 14.2. The second-order valence-corrected chi connectivity index (χ2v) is 6.99. The number of rotatable bonds is 3. The molecule has 0 atom stereocenters. The molecule has 0 spiro atoms. The first-order chi connectivity index (χ1) is 9.97. The zero-order chi connectivity index (χ0) is 15.0. The lowest BCUT2D eigenvalue weighted by atomic mass is 10.2. The SMILES string of the molecule is O=S(=O)(Nc1nccs1)c1cc2nccc(Cl)c2cc1F. The van der Waals surface area contributed by atoms with E-state index in [0.717, 1.165) is 23.5 Å². The molecule has 0 aliphatic rings. The Morgan fingerprint density at radius 2 is 2.05 bits per heavy atom. The summed E-state index contributed by atoms with van der Waals surface area (Å²) in [6.45, 7) is 0. The summed E-state index contributed by atoms with van der Waals surface area (Å²) in [5, 5.41) is 2.42. The summed E-state index contributed by atoms with van der Waals surface area (Å²) in [6, 6.07) is 3.71. The molecular weight excluding hydrogens is 337 g/mol. The van der Waals surface area contributed by atoms with E-state index in [0.29, 0.717) is 15.9 Å². The summed E-state index contributed by atoms with van der Waals surface area (Å²) in [7, 11) is -4.08. The van der Waals surface area contributed by atoms with E-state index in [1.54, 1.807) is 5.38 Å². The highest BCUT2D eigenvalue weighted by molar-refractivity contribution is 7.93. The van der Waals surface area contributed by atoms with E-state index in [1.165, 1.54) is 18.5 Å². The van der Waals surface area contributed by atoms with Gasteiger partial charge < -0.3 is 0 Å². The summed E-state index contributed by atoms with van der Waals surface area (Å²) in [4.78, 5) is 7.30. The first-order valence-electron chi connectivity index (χ1n) is 5.63. The van der Waals surface area contributed by atoms with Gasteiger partial charge in [0.1, 0.15) is 10.7 Å². The topological polar surface area (TPSA) is 72.0 Å². The normalized spacial score (nSPS) is 11.7. The average Bonchev–Trinajstić information content (AvgIpc) is 2.91. The number of halogens is 2. The maximum Gasteiger partial charge on any atom is 0.266 e. The van der Waals surface area contributed by atoms with Crippen molar-refractivity contribution in [3.8, 4) is 0 Å². The van der Waals surface area contributed by atoms with Crippen molar-refractivity contribution in [2.24, 2.45) is 0 Å². The van der Waals surface area contributed by atoms with Crippen LogP contribution in [-0.4, -0.2) is 18.4 Å². The van der Waals surface area contributed by atoms with E-state index < -0.39 is 20.7 Å². The number of hydrogen-bond acceptors (Lipinski definition) is 5. The molecule has 0 amide bonds. The average molecular weight is 344 g/mol. The van der Waals surface area contributed by atoms with E-state index >= 15 is 0 Å². The van der Waals surface area contributed by atoms with Crippen LogP contribution in [0.2, 0.25) is 5.02 Å². The second-order valence-electron chi connectivity index (χ2n) is 4.04. The van der Waals surface area contributed by atoms with Gasteiger partial charge in [0, 0.05) is 23.2 Å². The van der Waals surface area contributed by atoms with Gasteiger partial charge in [0.2, 0.25) is 0 Å². The van der Waals surface area contributed by atoms with E-state index in [2.05, 4.69) is 14.7 Å². The van der Waals surface area contributed by atoms with Gasteiger partial charge in [-0.25, -0.2) is 17.8 Å². The Morgan fingerprint density at radius 3 is 2.76 bits per heavy atom. The highest BCUT2D eigenvalue weighted by Gasteiger charge is 2.21. The minimum atomic E-state index is -4.08. The third-order valence-corrected chi connectivity index (χ3v) is 5.19. The van der Waals surface area contributed by atoms with Crippen LogP contribution in [0.4, 0.5) is 9.52 Å². The number of anilines is 1. The highest BCUT2D eigenvalue weighted by Crippen LogP contribution is 2.27. The lowest BCUT2D eigenvalue weighted by Crippen LogP contribution is -2.14. The number of benzene rings is 1. The molecule has 0 bridgehead atoms. The van der Waals surface area contributed by atoms with Crippen LogP contribution >= 0.6 is 22.9 Å². The standard InChI is InChI=1S/C12H7ClFN3O2S2/c13-8-1-2-15-10-6-11(9(14)5-7(8)10)21(18,19)17-12-16-3-4-20-12/h1-6H,(H,16,17).